The molecule has 0 aliphatic rings. The molecule has 1 N–H and O–H groups in total. The van der Waals surface area contributed by atoms with E-state index in [1.807, 2.05) is 6.07 Å². The van der Waals surface area contributed by atoms with Crippen molar-refractivity contribution in [3.63, 3.8) is 0 Å². The molecule has 0 saturated heterocycles. The summed E-state index contributed by atoms with van der Waals surface area (Å²) in [5.74, 6) is -0.645. The van der Waals surface area contributed by atoms with Crippen molar-refractivity contribution in [2.24, 2.45) is 0 Å². The Bertz CT molecular complexity index is 706. The van der Waals surface area contributed by atoms with Gasteiger partial charge in [0, 0.05) is 0 Å². The molecule has 1 unspecified atom stereocenters. The zero-order chi connectivity index (χ0) is 17.9. The van der Waals surface area contributed by atoms with Gasteiger partial charge >= 0.3 is 0 Å². The van der Waals surface area contributed by atoms with Gasteiger partial charge in [-0.25, -0.2) is 17.6 Å². The molecule has 1 heterocycles. The largest absolute Gasteiger partial charge is 0.348 e. The molecule has 9 heteroatoms. The molecule has 2 rings (SSSR count). The van der Waals surface area contributed by atoms with E-state index in [1.165, 1.54) is 0 Å². The Morgan fingerprint density at radius 3 is 2.38 bits per heavy atom. The van der Waals surface area contributed by atoms with E-state index in [1.54, 1.807) is 31.2 Å². The fourth-order valence-corrected chi connectivity index (χ4v) is 2.49. The second-order valence-corrected chi connectivity index (χ2v) is 5.42. The third-order valence-electron chi connectivity index (χ3n) is 3.34. The summed E-state index contributed by atoms with van der Waals surface area (Å²) in [6, 6.07) is 8.58. The van der Waals surface area contributed by atoms with Crippen LogP contribution in [0.3, 0.4) is 0 Å². The number of nitrogens with one attached hydrogen (secondary N) is 1. The van der Waals surface area contributed by atoms with Crippen LogP contribution in [0.2, 0.25) is 5.02 Å². The molecule has 1 amide bonds. The van der Waals surface area contributed by atoms with Crippen LogP contribution < -0.4 is 5.32 Å². The van der Waals surface area contributed by atoms with Crippen molar-refractivity contribution in [1.29, 1.82) is 0 Å². The van der Waals surface area contributed by atoms with E-state index in [0.29, 0.717) is 4.68 Å². The molecule has 1 aromatic carbocycles. The van der Waals surface area contributed by atoms with Crippen molar-refractivity contribution in [3.8, 4) is 0 Å². The fraction of sp³-hybridized carbons (Fsp3) is 0.333. The van der Waals surface area contributed by atoms with Gasteiger partial charge in [0.05, 0.1) is 11.1 Å². The highest BCUT2D eigenvalue weighted by Crippen LogP contribution is 2.34. The van der Waals surface area contributed by atoms with Gasteiger partial charge in [-0.2, -0.15) is 5.10 Å². The third kappa shape index (κ3) is 4.05. The highest BCUT2D eigenvalue weighted by atomic mass is 35.5. The maximum Gasteiger partial charge on any atom is 0.283 e. The minimum atomic E-state index is -3.13. The normalized spacial score (nSPS) is 12.7. The third-order valence-corrected chi connectivity index (χ3v) is 3.73. The standard InChI is InChI=1S/C15H14ClF4N3O/c1-8(9-5-3-2-4-6-9)21-10(24)7-23-13(15(19)20)11(16)12(22-23)14(17)18/h2-6,8,14-15H,7H2,1H3,(H,21,24). The van der Waals surface area contributed by atoms with Crippen molar-refractivity contribution >= 4 is 17.5 Å². The molecule has 1 atom stereocenters. The Morgan fingerprint density at radius 2 is 1.83 bits per heavy atom. The summed E-state index contributed by atoms with van der Waals surface area (Å²) in [5.41, 5.74) is -1.04. The summed E-state index contributed by atoms with van der Waals surface area (Å²) in [5, 5.41) is 5.12. The Hall–Kier alpha value is -2.09. The topological polar surface area (TPSA) is 46.9 Å². The maximum absolute atomic E-state index is 13.0. The first-order valence-electron chi connectivity index (χ1n) is 6.98. The molecular formula is C15H14ClF4N3O. The first-order valence-corrected chi connectivity index (χ1v) is 7.35. The van der Waals surface area contributed by atoms with Crippen molar-refractivity contribution in [2.75, 3.05) is 0 Å². The van der Waals surface area contributed by atoms with Crippen LogP contribution >= 0.6 is 11.6 Å². The summed E-state index contributed by atoms with van der Waals surface area (Å²) >= 11 is 5.53. The molecule has 0 aliphatic heterocycles. The van der Waals surface area contributed by atoms with Crippen LogP contribution in [0.25, 0.3) is 0 Å². The minimum Gasteiger partial charge on any atom is -0.348 e. The lowest BCUT2D eigenvalue weighted by atomic mass is 10.1. The predicted molar refractivity (Wildman–Crippen MR) is 80.2 cm³/mol. The number of carbonyl (C=O) groups excluding carboxylic acids is 1. The molecule has 2 aromatic rings. The van der Waals surface area contributed by atoms with E-state index in [0.717, 1.165) is 5.56 Å². The average molecular weight is 364 g/mol. The van der Waals surface area contributed by atoms with Gasteiger partial charge in [-0.3, -0.25) is 9.48 Å². The lowest BCUT2D eigenvalue weighted by molar-refractivity contribution is -0.122. The molecule has 0 aliphatic carbocycles. The van der Waals surface area contributed by atoms with Crippen LogP contribution in [0.1, 0.15) is 42.8 Å². The number of aromatic nitrogens is 2. The molecule has 1 aromatic heterocycles. The fourth-order valence-electron chi connectivity index (χ4n) is 2.19. The van der Waals surface area contributed by atoms with Gasteiger partial charge in [-0.1, -0.05) is 41.9 Å². The van der Waals surface area contributed by atoms with Gasteiger partial charge < -0.3 is 5.32 Å². The quantitative estimate of drug-likeness (QED) is 0.778. The van der Waals surface area contributed by atoms with Gasteiger partial charge in [0.2, 0.25) is 5.91 Å². The number of carbonyl (C=O) groups is 1. The number of hydrogen-bond acceptors (Lipinski definition) is 2. The van der Waals surface area contributed by atoms with Crippen LogP contribution in [0.5, 0.6) is 0 Å². The first-order chi connectivity index (χ1) is 11.3. The van der Waals surface area contributed by atoms with E-state index in [-0.39, 0.29) is 6.04 Å². The molecule has 4 nitrogen and oxygen atoms in total. The number of halogens is 5. The summed E-state index contributed by atoms with van der Waals surface area (Å²) < 4.78 is 52.1. The summed E-state index contributed by atoms with van der Waals surface area (Å²) in [6.45, 7) is 1.07. The van der Waals surface area contributed by atoms with Gasteiger partial charge in [-0.15, -0.1) is 0 Å². The molecule has 0 bridgehead atoms. The number of alkyl halides is 4. The van der Waals surface area contributed by atoms with E-state index < -0.39 is 41.7 Å². The van der Waals surface area contributed by atoms with Crippen LogP contribution in [0.4, 0.5) is 17.6 Å². The Morgan fingerprint density at radius 1 is 1.21 bits per heavy atom. The van der Waals surface area contributed by atoms with Crippen molar-refractivity contribution in [2.45, 2.75) is 32.4 Å². The lowest BCUT2D eigenvalue weighted by Gasteiger charge is -2.15. The summed E-state index contributed by atoms with van der Waals surface area (Å²) in [7, 11) is 0. The zero-order valence-corrected chi connectivity index (χ0v) is 13.3. The van der Waals surface area contributed by atoms with Crippen LogP contribution in [-0.2, 0) is 11.3 Å². The molecular weight excluding hydrogens is 350 g/mol. The number of hydrogen-bond donors (Lipinski definition) is 1. The maximum atomic E-state index is 13.0. The lowest BCUT2D eigenvalue weighted by Crippen LogP contribution is -2.31. The smallest absolute Gasteiger partial charge is 0.283 e. The number of benzene rings is 1. The van der Waals surface area contributed by atoms with E-state index in [9.17, 15) is 22.4 Å². The minimum absolute atomic E-state index is 0.380. The van der Waals surface area contributed by atoms with Crippen LogP contribution in [0.15, 0.2) is 30.3 Å². The first kappa shape index (κ1) is 18.3. The van der Waals surface area contributed by atoms with Gasteiger partial charge in [-0.05, 0) is 12.5 Å². The highest BCUT2D eigenvalue weighted by molar-refractivity contribution is 6.32. The second kappa shape index (κ2) is 7.65. The molecule has 0 saturated carbocycles. The SMILES string of the molecule is CC(NC(=O)Cn1nc(C(F)F)c(Cl)c1C(F)F)c1ccccc1. The summed E-state index contributed by atoms with van der Waals surface area (Å²) in [4.78, 5) is 12.0. The van der Waals surface area contributed by atoms with Crippen molar-refractivity contribution in [3.05, 3.63) is 52.3 Å². The van der Waals surface area contributed by atoms with Gasteiger partial charge in [0.25, 0.3) is 12.9 Å². The van der Waals surface area contributed by atoms with E-state index >= 15 is 0 Å². The van der Waals surface area contributed by atoms with Gasteiger partial charge in [0.15, 0.2) is 0 Å². The van der Waals surface area contributed by atoms with E-state index in [4.69, 9.17) is 11.6 Å². The molecule has 0 fully saturated rings. The molecule has 130 valence electrons. The number of rotatable bonds is 6. The molecule has 0 radical (unpaired) electrons. The zero-order valence-electron chi connectivity index (χ0n) is 12.5. The number of amides is 1. The Labute approximate surface area is 140 Å². The number of nitrogens with zero attached hydrogens (tertiary/aromatic N) is 2. The van der Waals surface area contributed by atoms with Crippen molar-refractivity contribution < 1.29 is 22.4 Å². The van der Waals surface area contributed by atoms with E-state index in [2.05, 4.69) is 10.4 Å². The highest BCUT2D eigenvalue weighted by Gasteiger charge is 2.28. The monoisotopic (exact) mass is 363 g/mol. The second-order valence-electron chi connectivity index (χ2n) is 5.04. The predicted octanol–water partition coefficient (Wildman–Crippen LogP) is 4.29. The average Bonchev–Trinajstić information content (AvgIpc) is 2.84. The summed E-state index contributed by atoms with van der Waals surface area (Å²) in [6.07, 6.45) is -6.24. The van der Waals surface area contributed by atoms with Crippen molar-refractivity contribution in [1.82, 2.24) is 15.1 Å². The van der Waals surface area contributed by atoms with Crippen LogP contribution in [0, 0.1) is 0 Å². The Kier molecular flexibility index (Phi) is 5.82. The van der Waals surface area contributed by atoms with Crippen LogP contribution in [-0.4, -0.2) is 15.7 Å². The molecule has 24 heavy (non-hydrogen) atoms. The molecule has 0 spiro atoms. The Balaban J connectivity index is 2.15. The van der Waals surface area contributed by atoms with Gasteiger partial charge in [0.1, 0.15) is 17.9 Å².